The van der Waals surface area contributed by atoms with E-state index in [0.29, 0.717) is 12.8 Å². The molecule has 54 heavy (non-hydrogen) atoms. The van der Waals surface area contributed by atoms with Gasteiger partial charge in [0.05, 0.1) is 40.3 Å². The van der Waals surface area contributed by atoms with Crippen LogP contribution in [-0.2, 0) is 28.6 Å². The molecule has 2 atom stereocenters. The Labute approximate surface area is 332 Å². The number of carbonyl (C=O) groups excluding carboxylic acids is 3. The van der Waals surface area contributed by atoms with Crippen molar-refractivity contribution in [3.05, 3.63) is 24.3 Å². The lowest BCUT2D eigenvalue weighted by Gasteiger charge is -2.34. The molecule has 0 heterocycles. The first-order chi connectivity index (χ1) is 26.1. The minimum Gasteiger partial charge on any atom is -0.544 e. The summed E-state index contributed by atoms with van der Waals surface area (Å²) >= 11 is 0. The van der Waals surface area contributed by atoms with Crippen LogP contribution in [0.3, 0.4) is 0 Å². The molecule has 2 unspecified atom stereocenters. The monoisotopic (exact) mass is 764 g/mol. The molecule has 0 aromatic heterocycles. The molecule has 0 saturated heterocycles. The molecule has 0 aliphatic heterocycles. The van der Waals surface area contributed by atoms with Gasteiger partial charge >= 0.3 is 11.9 Å². The number of carboxylic acids is 1. The van der Waals surface area contributed by atoms with E-state index in [4.69, 9.17) is 14.2 Å². The third-order valence-electron chi connectivity index (χ3n) is 10.1. The summed E-state index contributed by atoms with van der Waals surface area (Å²) in [7, 11) is 5.40. The number of aliphatic carboxylic acids is 1. The smallest absolute Gasteiger partial charge is 0.306 e. The summed E-state index contributed by atoms with van der Waals surface area (Å²) < 4.78 is 17.1. The number of hydrogen-bond acceptors (Lipinski definition) is 7. The average Bonchev–Trinajstić information content (AvgIpc) is 3.12. The van der Waals surface area contributed by atoms with Gasteiger partial charge in [-0.25, -0.2) is 0 Å². The highest BCUT2D eigenvalue weighted by atomic mass is 16.6. The number of rotatable bonds is 40. The van der Waals surface area contributed by atoms with Crippen LogP contribution in [0, 0.1) is 0 Å². The lowest BCUT2D eigenvalue weighted by Crippen LogP contribution is -2.55. The van der Waals surface area contributed by atoms with Gasteiger partial charge in [-0.2, -0.15) is 0 Å². The van der Waals surface area contributed by atoms with E-state index in [-0.39, 0.29) is 42.7 Å². The SMILES string of the molecule is CCCC/C=C/C=C/CCCCCC(=O)OCC(COCCC(C(=O)[O-])[N+](C)(C)C)OC(=O)CCCCCCCCCCCCCCCCCCCCC. The van der Waals surface area contributed by atoms with E-state index in [1.54, 1.807) is 21.1 Å². The molecule has 0 aromatic carbocycles. The van der Waals surface area contributed by atoms with Gasteiger partial charge in [0.1, 0.15) is 12.6 Å². The van der Waals surface area contributed by atoms with E-state index >= 15 is 0 Å². The average molecular weight is 764 g/mol. The zero-order chi connectivity index (χ0) is 40.0. The van der Waals surface area contributed by atoms with Crippen LogP contribution in [0.1, 0.15) is 200 Å². The van der Waals surface area contributed by atoms with Crippen molar-refractivity contribution in [1.29, 1.82) is 0 Å². The van der Waals surface area contributed by atoms with E-state index in [1.807, 2.05) is 0 Å². The maximum atomic E-state index is 12.7. The molecule has 0 rings (SSSR count). The molecule has 316 valence electrons. The Balaban J connectivity index is 4.28. The van der Waals surface area contributed by atoms with Crippen LogP contribution in [0.25, 0.3) is 0 Å². The molecule has 8 nitrogen and oxygen atoms in total. The van der Waals surface area contributed by atoms with Gasteiger partial charge in [0.25, 0.3) is 0 Å². The Morgan fingerprint density at radius 1 is 0.556 bits per heavy atom. The number of quaternary nitrogens is 1. The van der Waals surface area contributed by atoms with Crippen molar-refractivity contribution < 1.29 is 38.2 Å². The van der Waals surface area contributed by atoms with Gasteiger partial charge in [0.2, 0.25) is 0 Å². The number of likely N-dealkylation sites (N-methyl/N-ethyl adjacent to an activating group) is 1. The Kier molecular flexibility index (Phi) is 36.2. The number of nitrogens with zero attached hydrogens (tertiary/aromatic N) is 1. The topological polar surface area (TPSA) is 102 Å². The summed E-state index contributed by atoms with van der Waals surface area (Å²) in [5.74, 6) is -1.76. The van der Waals surface area contributed by atoms with Gasteiger partial charge in [-0.05, 0) is 32.1 Å². The first-order valence-corrected chi connectivity index (χ1v) is 22.4. The molecule has 0 amide bonds. The van der Waals surface area contributed by atoms with Gasteiger partial charge in [-0.3, -0.25) is 9.59 Å². The molecule has 0 fully saturated rings. The molecule has 0 radical (unpaired) electrons. The number of hydrogen-bond donors (Lipinski definition) is 0. The van der Waals surface area contributed by atoms with Gasteiger partial charge < -0.3 is 28.6 Å². The first-order valence-electron chi connectivity index (χ1n) is 22.4. The van der Waals surface area contributed by atoms with Crippen LogP contribution in [0.15, 0.2) is 24.3 Å². The van der Waals surface area contributed by atoms with Gasteiger partial charge in [-0.1, -0.05) is 173 Å². The third kappa shape index (κ3) is 35.5. The lowest BCUT2D eigenvalue weighted by molar-refractivity contribution is -0.889. The Hall–Kier alpha value is -2.19. The van der Waals surface area contributed by atoms with Crippen molar-refractivity contribution in [2.75, 3.05) is 41.0 Å². The zero-order valence-electron chi connectivity index (χ0n) is 35.9. The normalized spacial score (nSPS) is 13.1. The largest absolute Gasteiger partial charge is 0.544 e. The fraction of sp³-hybridized carbons (Fsp3) is 0.848. The van der Waals surface area contributed by atoms with Crippen molar-refractivity contribution in [2.45, 2.75) is 212 Å². The fourth-order valence-corrected chi connectivity index (χ4v) is 6.58. The molecule has 0 aromatic rings. The molecule has 0 aliphatic carbocycles. The third-order valence-corrected chi connectivity index (χ3v) is 10.1. The molecule has 0 aliphatic rings. The lowest BCUT2D eigenvalue weighted by atomic mass is 10.0. The number of esters is 2. The second-order valence-electron chi connectivity index (χ2n) is 16.3. The predicted octanol–water partition coefficient (Wildman–Crippen LogP) is 10.7. The van der Waals surface area contributed by atoms with Crippen molar-refractivity contribution in [3.63, 3.8) is 0 Å². The van der Waals surface area contributed by atoms with E-state index in [2.05, 4.69) is 38.2 Å². The number of allylic oxidation sites excluding steroid dienone is 4. The Morgan fingerprint density at radius 3 is 1.44 bits per heavy atom. The zero-order valence-corrected chi connectivity index (χ0v) is 35.9. The van der Waals surface area contributed by atoms with E-state index < -0.39 is 18.1 Å². The van der Waals surface area contributed by atoms with Crippen molar-refractivity contribution in [1.82, 2.24) is 0 Å². The quantitative estimate of drug-likeness (QED) is 0.0265. The van der Waals surface area contributed by atoms with E-state index in [0.717, 1.165) is 51.4 Å². The number of carboxylic acid groups (broad SMARTS) is 1. The summed E-state index contributed by atoms with van der Waals surface area (Å²) in [5, 5.41) is 11.6. The number of carbonyl (C=O) groups is 3. The summed E-state index contributed by atoms with van der Waals surface area (Å²) in [5.41, 5.74) is 0. The molecule has 0 saturated carbocycles. The van der Waals surface area contributed by atoms with Crippen molar-refractivity contribution >= 4 is 17.9 Å². The maximum absolute atomic E-state index is 12.7. The van der Waals surface area contributed by atoms with Crippen LogP contribution >= 0.6 is 0 Å². The molecule has 0 N–H and O–H groups in total. The minimum absolute atomic E-state index is 0.0361. The number of unbranched alkanes of at least 4 members (excludes halogenated alkanes) is 23. The second kappa shape index (κ2) is 37.7. The molecule has 0 bridgehead atoms. The van der Waals surface area contributed by atoms with Crippen LogP contribution in [-0.4, -0.2) is 75.5 Å². The summed E-state index contributed by atoms with van der Waals surface area (Å²) in [4.78, 5) is 36.8. The van der Waals surface area contributed by atoms with Gasteiger partial charge in [-0.15, -0.1) is 0 Å². The van der Waals surface area contributed by atoms with Gasteiger partial charge in [0, 0.05) is 19.3 Å². The van der Waals surface area contributed by atoms with Crippen LogP contribution in [0.2, 0.25) is 0 Å². The Morgan fingerprint density at radius 2 is 0.981 bits per heavy atom. The summed E-state index contributed by atoms with van der Waals surface area (Å²) in [6.07, 6.45) is 40.6. The Bertz CT molecular complexity index is 942. The van der Waals surface area contributed by atoms with E-state index in [9.17, 15) is 19.5 Å². The first kappa shape index (κ1) is 51.8. The van der Waals surface area contributed by atoms with Gasteiger partial charge in [0.15, 0.2) is 6.10 Å². The maximum Gasteiger partial charge on any atom is 0.306 e. The van der Waals surface area contributed by atoms with Crippen LogP contribution < -0.4 is 5.11 Å². The predicted molar refractivity (Wildman–Crippen MR) is 222 cm³/mol. The van der Waals surface area contributed by atoms with Crippen LogP contribution in [0.4, 0.5) is 0 Å². The molecule has 0 spiro atoms. The van der Waals surface area contributed by atoms with Crippen LogP contribution in [0.5, 0.6) is 0 Å². The highest BCUT2D eigenvalue weighted by Gasteiger charge is 2.25. The van der Waals surface area contributed by atoms with Crippen molar-refractivity contribution in [3.8, 4) is 0 Å². The summed E-state index contributed by atoms with van der Waals surface area (Å²) in [6, 6.07) is -0.726. The second-order valence-corrected chi connectivity index (χ2v) is 16.3. The molecule has 8 heteroatoms. The number of ether oxygens (including phenoxy) is 3. The molecular weight excluding hydrogens is 679 g/mol. The fourth-order valence-electron chi connectivity index (χ4n) is 6.58. The summed E-state index contributed by atoms with van der Waals surface area (Å²) in [6.45, 7) is 4.60. The van der Waals surface area contributed by atoms with E-state index in [1.165, 1.54) is 116 Å². The highest BCUT2D eigenvalue weighted by Crippen LogP contribution is 2.16. The molecular formula is C46H85NO7. The standard InChI is InChI=1S/C46H85NO7/c1-6-8-10-12-14-16-18-19-20-21-22-23-24-25-27-29-31-33-35-37-45(49)54-42(40-52-39-38-43(46(50)51)47(3,4)5)41-53-44(48)36-34-32-30-28-26-17-15-13-11-9-7-2/h13,15,17,26,42-43H,6-12,14,16,18-25,27-41H2,1-5H3/b15-13+,26-17+. The highest BCUT2D eigenvalue weighted by molar-refractivity contribution is 5.70. The minimum atomic E-state index is -1.13. The van der Waals surface area contributed by atoms with Crippen molar-refractivity contribution in [2.24, 2.45) is 0 Å².